The molecule has 1 unspecified atom stereocenters. The second kappa shape index (κ2) is 6.08. The van der Waals surface area contributed by atoms with E-state index in [0.29, 0.717) is 9.92 Å². The molecule has 1 amide bonds. The van der Waals surface area contributed by atoms with Crippen LogP contribution in [0.25, 0.3) is 0 Å². The lowest BCUT2D eigenvalue weighted by Crippen LogP contribution is -2.38. The Morgan fingerprint density at radius 3 is 2.67 bits per heavy atom. The SMILES string of the molecule is O=C(NC1CCSc2c(F)cccc21)C1(c2ccc(Cl)cc2)CC1. The number of thioether (sulfide) groups is 1. The lowest BCUT2D eigenvalue weighted by Gasteiger charge is -2.28. The summed E-state index contributed by atoms with van der Waals surface area (Å²) < 4.78 is 14.0. The summed E-state index contributed by atoms with van der Waals surface area (Å²) in [6.45, 7) is 0. The number of fused-ring (bicyclic) bond motifs is 1. The first kappa shape index (κ1) is 16.0. The zero-order chi connectivity index (χ0) is 16.7. The van der Waals surface area contributed by atoms with E-state index in [1.54, 1.807) is 6.07 Å². The Morgan fingerprint density at radius 2 is 1.96 bits per heavy atom. The fourth-order valence-electron chi connectivity index (χ4n) is 3.37. The number of nitrogens with one attached hydrogen (secondary N) is 1. The Hall–Kier alpha value is -1.52. The van der Waals surface area contributed by atoms with Crippen LogP contribution in [-0.4, -0.2) is 11.7 Å². The predicted molar refractivity (Wildman–Crippen MR) is 95.0 cm³/mol. The Labute approximate surface area is 149 Å². The minimum Gasteiger partial charge on any atom is -0.348 e. The second-order valence-corrected chi connectivity index (χ2v) is 7.95. The highest BCUT2D eigenvalue weighted by molar-refractivity contribution is 7.99. The topological polar surface area (TPSA) is 29.1 Å². The molecule has 4 rings (SSSR count). The molecule has 1 N–H and O–H groups in total. The van der Waals surface area contributed by atoms with Crippen molar-refractivity contribution in [1.29, 1.82) is 0 Å². The summed E-state index contributed by atoms with van der Waals surface area (Å²) in [7, 11) is 0. The second-order valence-electron chi connectivity index (χ2n) is 6.41. The molecule has 1 atom stereocenters. The van der Waals surface area contributed by atoms with Crippen molar-refractivity contribution in [2.24, 2.45) is 0 Å². The number of halogens is 2. The Balaban J connectivity index is 1.58. The van der Waals surface area contributed by atoms with Gasteiger partial charge in [-0.1, -0.05) is 35.9 Å². The van der Waals surface area contributed by atoms with Gasteiger partial charge >= 0.3 is 0 Å². The number of carbonyl (C=O) groups excluding carboxylic acids is 1. The van der Waals surface area contributed by atoms with Crippen molar-refractivity contribution in [2.75, 3.05) is 5.75 Å². The molecule has 2 aromatic rings. The molecule has 1 heterocycles. The van der Waals surface area contributed by atoms with Gasteiger partial charge in [0.2, 0.25) is 5.91 Å². The maximum Gasteiger partial charge on any atom is 0.231 e. The molecule has 0 spiro atoms. The highest BCUT2D eigenvalue weighted by Crippen LogP contribution is 2.49. The number of hydrogen-bond acceptors (Lipinski definition) is 2. The summed E-state index contributed by atoms with van der Waals surface area (Å²) in [5.74, 6) is 0.652. The largest absolute Gasteiger partial charge is 0.348 e. The van der Waals surface area contributed by atoms with Crippen molar-refractivity contribution in [1.82, 2.24) is 5.32 Å². The van der Waals surface area contributed by atoms with Crippen LogP contribution in [0.15, 0.2) is 47.4 Å². The van der Waals surface area contributed by atoms with Crippen molar-refractivity contribution in [3.63, 3.8) is 0 Å². The van der Waals surface area contributed by atoms with Crippen molar-refractivity contribution in [3.8, 4) is 0 Å². The van der Waals surface area contributed by atoms with Gasteiger partial charge < -0.3 is 5.32 Å². The summed E-state index contributed by atoms with van der Waals surface area (Å²) in [6, 6.07) is 12.5. The van der Waals surface area contributed by atoms with E-state index in [4.69, 9.17) is 11.6 Å². The molecule has 0 aromatic heterocycles. The lowest BCUT2D eigenvalue weighted by molar-refractivity contribution is -0.124. The molecule has 0 bridgehead atoms. The third-order valence-corrected chi connectivity index (χ3v) is 6.32. The number of amides is 1. The Kier molecular flexibility index (Phi) is 4.05. The summed E-state index contributed by atoms with van der Waals surface area (Å²) >= 11 is 7.48. The first-order valence-electron chi connectivity index (χ1n) is 8.08. The first-order chi connectivity index (χ1) is 11.6. The van der Waals surface area contributed by atoms with Crippen molar-refractivity contribution in [3.05, 3.63) is 64.4 Å². The molecular weight excluding hydrogens is 345 g/mol. The molecule has 2 nitrogen and oxygen atoms in total. The minimum atomic E-state index is -0.442. The van der Waals surface area contributed by atoms with Crippen LogP contribution in [0.4, 0.5) is 4.39 Å². The van der Waals surface area contributed by atoms with Crippen LogP contribution in [0, 0.1) is 5.82 Å². The van der Waals surface area contributed by atoms with Gasteiger partial charge in [-0.2, -0.15) is 0 Å². The molecule has 2 aliphatic rings. The van der Waals surface area contributed by atoms with Gasteiger partial charge in [0.1, 0.15) is 5.82 Å². The maximum absolute atomic E-state index is 14.0. The molecule has 0 radical (unpaired) electrons. The summed E-state index contributed by atoms with van der Waals surface area (Å²) in [5, 5.41) is 3.84. The maximum atomic E-state index is 14.0. The van der Waals surface area contributed by atoms with Gasteiger partial charge in [0.25, 0.3) is 0 Å². The van der Waals surface area contributed by atoms with E-state index in [9.17, 15) is 9.18 Å². The molecule has 1 aliphatic carbocycles. The third kappa shape index (κ3) is 2.72. The van der Waals surface area contributed by atoms with Crippen LogP contribution >= 0.6 is 23.4 Å². The zero-order valence-corrected chi connectivity index (χ0v) is 14.6. The van der Waals surface area contributed by atoms with E-state index in [-0.39, 0.29) is 17.8 Å². The van der Waals surface area contributed by atoms with Crippen LogP contribution < -0.4 is 5.32 Å². The summed E-state index contributed by atoms with van der Waals surface area (Å²) in [4.78, 5) is 13.6. The average molecular weight is 362 g/mol. The van der Waals surface area contributed by atoms with Gasteiger partial charge in [0, 0.05) is 15.7 Å². The van der Waals surface area contributed by atoms with E-state index in [1.807, 2.05) is 30.3 Å². The van der Waals surface area contributed by atoms with Gasteiger partial charge in [0.05, 0.1) is 11.5 Å². The van der Waals surface area contributed by atoms with E-state index in [2.05, 4.69) is 5.32 Å². The molecular formula is C19H17ClFNOS. The van der Waals surface area contributed by atoms with Crippen LogP contribution in [0.5, 0.6) is 0 Å². The molecule has 24 heavy (non-hydrogen) atoms. The molecule has 1 fully saturated rings. The summed E-state index contributed by atoms with van der Waals surface area (Å²) in [6.07, 6.45) is 2.51. The van der Waals surface area contributed by atoms with Crippen molar-refractivity contribution in [2.45, 2.75) is 35.6 Å². The Morgan fingerprint density at radius 1 is 1.21 bits per heavy atom. The third-order valence-electron chi connectivity index (χ3n) is 4.91. The highest BCUT2D eigenvalue weighted by atomic mass is 35.5. The smallest absolute Gasteiger partial charge is 0.231 e. The zero-order valence-electron chi connectivity index (χ0n) is 13.0. The molecule has 1 aliphatic heterocycles. The van der Waals surface area contributed by atoms with Crippen LogP contribution in [0.1, 0.15) is 36.4 Å². The van der Waals surface area contributed by atoms with Crippen molar-refractivity contribution >= 4 is 29.3 Å². The Bertz CT molecular complexity index is 788. The van der Waals surface area contributed by atoms with Gasteiger partial charge in [-0.3, -0.25) is 4.79 Å². The number of carbonyl (C=O) groups is 1. The number of rotatable bonds is 3. The van der Waals surface area contributed by atoms with E-state index < -0.39 is 5.41 Å². The van der Waals surface area contributed by atoms with Gasteiger partial charge in [0.15, 0.2) is 0 Å². The van der Waals surface area contributed by atoms with E-state index in [0.717, 1.165) is 36.1 Å². The fourth-order valence-corrected chi connectivity index (χ4v) is 4.64. The molecule has 5 heteroatoms. The van der Waals surface area contributed by atoms with E-state index >= 15 is 0 Å². The van der Waals surface area contributed by atoms with Crippen LogP contribution in [-0.2, 0) is 10.2 Å². The molecule has 0 saturated heterocycles. The quantitative estimate of drug-likeness (QED) is 0.845. The molecule has 1 saturated carbocycles. The molecule has 124 valence electrons. The fraction of sp³-hybridized carbons (Fsp3) is 0.316. The predicted octanol–water partition coefficient (Wildman–Crippen LogP) is 4.86. The highest BCUT2D eigenvalue weighted by Gasteiger charge is 2.51. The summed E-state index contributed by atoms with van der Waals surface area (Å²) in [5.41, 5.74) is 1.46. The average Bonchev–Trinajstić information content (AvgIpc) is 3.38. The van der Waals surface area contributed by atoms with E-state index in [1.165, 1.54) is 17.8 Å². The number of benzene rings is 2. The van der Waals surface area contributed by atoms with Crippen molar-refractivity contribution < 1.29 is 9.18 Å². The minimum absolute atomic E-state index is 0.0388. The van der Waals surface area contributed by atoms with Gasteiger partial charge in [-0.05, 0) is 48.6 Å². The monoisotopic (exact) mass is 361 g/mol. The number of hydrogen-bond donors (Lipinski definition) is 1. The van der Waals surface area contributed by atoms with Crippen LogP contribution in [0.3, 0.4) is 0 Å². The first-order valence-corrected chi connectivity index (χ1v) is 9.45. The molecule has 2 aromatic carbocycles. The standard InChI is InChI=1S/C19H17ClFNOS/c20-13-6-4-12(5-7-13)19(9-10-19)18(23)22-16-8-11-24-17-14(16)2-1-3-15(17)21/h1-7,16H,8-11H2,(H,22,23). The van der Waals surface area contributed by atoms with Gasteiger partial charge in [-0.15, -0.1) is 11.8 Å². The van der Waals surface area contributed by atoms with Gasteiger partial charge in [-0.25, -0.2) is 4.39 Å². The normalized spacial score (nSPS) is 21.0. The van der Waals surface area contributed by atoms with Crippen LogP contribution in [0.2, 0.25) is 5.02 Å². The lowest BCUT2D eigenvalue weighted by atomic mass is 9.93.